The molecule has 2 aromatic heterocycles. The molecule has 184 valence electrons. The third kappa shape index (κ3) is 6.69. The van der Waals surface area contributed by atoms with Crippen LogP contribution < -0.4 is 15.4 Å². The van der Waals surface area contributed by atoms with Crippen LogP contribution in [0, 0.1) is 0 Å². The van der Waals surface area contributed by atoms with Gasteiger partial charge in [0.2, 0.25) is 0 Å². The van der Waals surface area contributed by atoms with Crippen molar-refractivity contribution in [2.45, 2.75) is 64.8 Å². The van der Waals surface area contributed by atoms with Crippen molar-refractivity contribution >= 4 is 28.2 Å². The van der Waals surface area contributed by atoms with Crippen LogP contribution in [0.4, 0.5) is 5.00 Å². The first kappa shape index (κ1) is 24.9. The zero-order valence-corrected chi connectivity index (χ0v) is 21.1. The summed E-state index contributed by atoms with van der Waals surface area (Å²) in [6.07, 6.45) is 12.3. The molecule has 0 bridgehead atoms. The van der Waals surface area contributed by atoms with E-state index in [0.29, 0.717) is 29.3 Å². The lowest BCUT2D eigenvalue weighted by Crippen LogP contribution is -2.25. The van der Waals surface area contributed by atoms with Crippen LogP contribution in [0.3, 0.4) is 0 Å². The summed E-state index contributed by atoms with van der Waals surface area (Å²) in [5.74, 6) is 0.381. The Morgan fingerprint density at radius 2 is 1.86 bits per heavy atom. The number of rotatable bonds is 12. The van der Waals surface area contributed by atoms with E-state index in [0.717, 1.165) is 42.6 Å². The third-order valence-electron chi connectivity index (χ3n) is 6.18. The molecule has 0 radical (unpaired) electrons. The molecule has 0 saturated heterocycles. The summed E-state index contributed by atoms with van der Waals surface area (Å²) in [6.45, 7) is 3.29. The Balaban J connectivity index is 1.37. The molecule has 7 heteroatoms. The lowest BCUT2D eigenvalue weighted by atomic mass is 10.1. The van der Waals surface area contributed by atoms with Gasteiger partial charge >= 0.3 is 0 Å². The number of aromatic nitrogens is 1. The number of thiophene rings is 1. The van der Waals surface area contributed by atoms with Crippen LogP contribution in [0.2, 0.25) is 0 Å². The number of fused-ring (bicyclic) bond motifs is 1. The molecule has 3 aromatic rings. The summed E-state index contributed by atoms with van der Waals surface area (Å²) in [4.78, 5) is 31.4. The predicted molar refractivity (Wildman–Crippen MR) is 140 cm³/mol. The molecule has 4 rings (SSSR count). The third-order valence-corrected chi connectivity index (χ3v) is 7.39. The van der Waals surface area contributed by atoms with Gasteiger partial charge in [0.25, 0.3) is 11.8 Å². The first-order valence-corrected chi connectivity index (χ1v) is 13.3. The Kier molecular flexibility index (Phi) is 8.90. The van der Waals surface area contributed by atoms with Gasteiger partial charge in [-0.05, 0) is 67.1 Å². The Bertz CT molecular complexity index is 1130. The van der Waals surface area contributed by atoms with Crippen molar-refractivity contribution in [2.24, 2.45) is 0 Å². The van der Waals surface area contributed by atoms with Gasteiger partial charge in [-0.2, -0.15) is 0 Å². The lowest BCUT2D eigenvalue weighted by Gasteiger charge is -2.10. The van der Waals surface area contributed by atoms with Crippen LogP contribution in [-0.2, 0) is 19.4 Å². The smallest absolute Gasteiger partial charge is 0.256 e. The van der Waals surface area contributed by atoms with Crippen molar-refractivity contribution in [2.75, 3.05) is 11.9 Å². The van der Waals surface area contributed by atoms with Crippen LogP contribution in [-0.4, -0.2) is 23.4 Å². The van der Waals surface area contributed by atoms with Crippen molar-refractivity contribution < 1.29 is 14.3 Å². The number of pyridine rings is 1. The second-order valence-electron chi connectivity index (χ2n) is 8.85. The molecule has 2 N–H and O–H groups in total. The molecular weight excluding hydrogens is 458 g/mol. The number of ether oxygens (including phenoxy) is 1. The van der Waals surface area contributed by atoms with E-state index in [1.807, 2.05) is 24.3 Å². The van der Waals surface area contributed by atoms with E-state index in [2.05, 4.69) is 22.5 Å². The van der Waals surface area contributed by atoms with E-state index in [1.165, 1.54) is 41.9 Å². The molecule has 0 atom stereocenters. The number of carbonyl (C=O) groups excluding carboxylic acids is 2. The minimum absolute atomic E-state index is 0.161. The highest BCUT2D eigenvalue weighted by Gasteiger charge is 2.27. The lowest BCUT2D eigenvalue weighted by molar-refractivity contribution is 0.0951. The summed E-state index contributed by atoms with van der Waals surface area (Å²) >= 11 is 1.51. The summed E-state index contributed by atoms with van der Waals surface area (Å²) < 4.78 is 5.81. The molecule has 2 heterocycles. The highest BCUT2D eigenvalue weighted by molar-refractivity contribution is 7.17. The number of carbonyl (C=O) groups is 2. The predicted octanol–water partition coefficient (Wildman–Crippen LogP) is 6.16. The highest BCUT2D eigenvalue weighted by atomic mass is 32.1. The van der Waals surface area contributed by atoms with Crippen LogP contribution in [0.5, 0.6) is 5.75 Å². The first-order chi connectivity index (χ1) is 17.2. The summed E-state index contributed by atoms with van der Waals surface area (Å²) in [7, 11) is 0. The quantitative estimate of drug-likeness (QED) is 0.297. The monoisotopic (exact) mass is 491 g/mol. The van der Waals surface area contributed by atoms with Gasteiger partial charge in [0.15, 0.2) is 0 Å². The minimum Gasteiger partial charge on any atom is -0.494 e. The Morgan fingerprint density at radius 1 is 1.03 bits per heavy atom. The fourth-order valence-electron chi connectivity index (χ4n) is 4.28. The maximum atomic E-state index is 13.1. The van der Waals surface area contributed by atoms with E-state index in [1.54, 1.807) is 24.5 Å². The topological polar surface area (TPSA) is 80.3 Å². The molecule has 2 amide bonds. The normalized spacial score (nSPS) is 12.3. The number of benzene rings is 1. The van der Waals surface area contributed by atoms with Gasteiger partial charge in [-0.3, -0.25) is 14.6 Å². The Labute approximate surface area is 211 Å². The molecule has 0 fully saturated rings. The van der Waals surface area contributed by atoms with Gasteiger partial charge in [0.1, 0.15) is 10.8 Å². The molecule has 35 heavy (non-hydrogen) atoms. The van der Waals surface area contributed by atoms with Gasteiger partial charge in [-0.1, -0.05) is 38.7 Å². The Morgan fingerprint density at radius 3 is 2.63 bits per heavy atom. The number of nitrogens with one attached hydrogen (secondary N) is 2. The molecule has 0 unspecified atom stereocenters. The molecule has 0 saturated carbocycles. The maximum absolute atomic E-state index is 13.1. The second kappa shape index (κ2) is 12.5. The van der Waals surface area contributed by atoms with Gasteiger partial charge in [0.05, 0.1) is 12.2 Å². The molecular formula is C28H33N3O3S. The average Bonchev–Trinajstić information content (AvgIpc) is 3.46. The molecule has 0 spiro atoms. The average molecular weight is 492 g/mol. The fraction of sp³-hybridized carbons (Fsp3) is 0.393. The van der Waals surface area contributed by atoms with Crippen LogP contribution in [0.25, 0.3) is 0 Å². The van der Waals surface area contributed by atoms with Crippen molar-refractivity contribution in [1.82, 2.24) is 10.3 Å². The molecule has 1 aliphatic rings. The minimum atomic E-state index is -0.225. The number of aryl methyl sites for hydroxylation is 1. The zero-order chi connectivity index (χ0) is 24.5. The van der Waals surface area contributed by atoms with Crippen LogP contribution in [0.15, 0.2) is 48.8 Å². The first-order valence-electron chi connectivity index (χ1n) is 12.5. The zero-order valence-electron chi connectivity index (χ0n) is 20.3. The SMILES string of the molecule is CCCCCCCOc1ccc(C(=O)Nc2sc3c(c2C(=O)NCc2cccnc2)CCC3)cc1. The van der Waals surface area contributed by atoms with Crippen LogP contribution >= 0.6 is 11.3 Å². The molecule has 1 aliphatic carbocycles. The number of amides is 2. The maximum Gasteiger partial charge on any atom is 0.256 e. The number of hydrogen-bond acceptors (Lipinski definition) is 5. The number of hydrogen-bond donors (Lipinski definition) is 2. The standard InChI is InChI=1S/C28H33N3O3S/c1-2-3-4-5-6-17-34-22-14-12-21(13-15-22)26(32)31-28-25(23-10-7-11-24(23)35-28)27(33)30-19-20-9-8-16-29-18-20/h8-9,12-16,18H,2-7,10-11,17,19H2,1H3,(H,30,33)(H,31,32). The van der Waals surface area contributed by atoms with Crippen molar-refractivity contribution in [1.29, 1.82) is 0 Å². The van der Waals surface area contributed by atoms with Gasteiger partial charge in [0, 0.05) is 29.4 Å². The van der Waals surface area contributed by atoms with E-state index in [9.17, 15) is 9.59 Å². The number of anilines is 1. The van der Waals surface area contributed by atoms with Gasteiger partial charge in [-0.25, -0.2) is 0 Å². The highest BCUT2D eigenvalue weighted by Crippen LogP contribution is 2.39. The second-order valence-corrected chi connectivity index (χ2v) is 9.95. The molecule has 0 aliphatic heterocycles. The fourth-order valence-corrected chi connectivity index (χ4v) is 5.56. The summed E-state index contributed by atoms with van der Waals surface area (Å²) in [5, 5.41) is 6.60. The van der Waals surface area contributed by atoms with Crippen LogP contribution in [0.1, 0.15) is 82.2 Å². The van der Waals surface area contributed by atoms with E-state index in [-0.39, 0.29) is 11.8 Å². The van der Waals surface area contributed by atoms with Crippen molar-refractivity contribution in [3.63, 3.8) is 0 Å². The van der Waals surface area contributed by atoms with E-state index >= 15 is 0 Å². The largest absolute Gasteiger partial charge is 0.494 e. The summed E-state index contributed by atoms with van der Waals surface area (Å²) in [5.41, 5.74) is 3.14. The Hall–Kier alpha value is -3.19. The molecule has 1 aromatic carbocycles. The van der Waals surface area contributed by atoms with Crippen molar-refractivity contribution in [3.8, 4) is 5.75 Å². The summed E-state index contributed by atoms with van der Waals surface area (Å²) in [6, 6.07) is 11.0. The van der Waals surface area contributed by atoms with E-state index in [4.69, 9.17) is 4.74 Å². The number of unbranched alkanes of at least 4 members (excludes halogenated alkanes) is 4. The van der Waals surface area contributed by atoms with Gasteiger partial charge < -0.3 is 15.4 Å². The molecule has 6 nitrogen and oxygen atoms in total. The number of nitrogens with zero attached hydrogens (tertiary/aromatic N) is 1. The van der Waals surface area contributed by atoms with E-state index < -0.39 is 0 Å². The van der Waals surface area contributed by atoms with Crippen molar-refractivity contribution in [3.05, 3.63) is 75.9 Å². The van der Waals surface area contributed by atoms with Gasteiger partial charge in [-0.15, -0.1) is 11.3 Å².